The highest BCUT2D eigenvalue weighted by atomic mass is 32.2. The van der Waals surface area contributed by atoms with Crippen LogP contribution in [0, 0.1) is 6.92 Å². The molecule has 2 heterocycles. The summed E-state index contributed by atoms with van der Waals surface area (Å²) in [5.41, 5.74) is 3.01. The van der Waals surface area contributed by atoms with Crippen LogP contribution in [0.1, 0.15) is 28.6 Å². The van der Waals surface area contributed by atoms with Crippen LogP contribution in [0.2, 0.25) is 0 Å². The van der Waals surface area contributed by atoms with Gasteiger partial charge in [-0.05, 0) is 61.4 Å². The number of nitrogens with zero attached hydrogens (tertiary/aromatic N) is 2. The number of nitrogens with one attached hydrogen (secondary N) is 2. The van der Waals surface area contributed by atoms with Gasteiger partial charge in [-0.15, -0.1) is 0 Å². The van der Waals surface area contributed by atoms with Gasteiger partial charge in [-0.1, -0.05) is 13.0 Å². The molecule has 0 radical (unpaired) electrons. The van der Waals surface area contributed by atoms with E-state index in [0.29, 0.717) is 11.3 Å². The van der Waals surface area contributed by atoms with Crippen molar-refractivity contribution in [1.82, 2.24) is 9.97 Å². The van der Waals surface area contributed by atoms with Gasteiger partial charge in [0, 0.05) is 29.0 Å². The highest BCUT2D eigenvalue weighted by molar-refractivity contribution is 7.92. The van der Waals surface area contributed by atoms with Gasteiger partial charge in [0.05, 0.1) is 4.90 Å². The zero-order valence-corrected chi connectivity index (χ0v) is 17.7. The number of hydrogen-bond donors (Lipinski definition) is 2. The van der Waals surface area contributed by atoms with E-state index in [9.17, 15) is 13.2 Å². The molecule has 0 unspecified atom stereocenters. The van der Waals surface area contributed by atoms with Crippen LogP contribution in [0.5, 0.6) is 0 Å². The SMILES string of the molecule is CCc1ccc2oc(C(=O)Nc3ccc(S(=O)(=O)Nc4ncccn4)cc3)c(C)c2c1. The van der Waals surface area contributed by atoms with Crippen LogP contribution in [0.4, 0.5) is 11.6 Å². The van der Waals surface area contributed by atoms with E-state index in [-0.39, 0.29) is 16.6 Å². The number of benzene rings is 2. The molecule has 2 N–H and O–H groups in total. The maximum Gasteiger partial charge on any atom is 0.291 e. The third kappa shape index (κ3) is 4.26. The van der Waals surface area contributed by atoms with Gasteiger partial charge in [0.2, 0.25) is 5.95 Å². The fourth-order valence-electron chi connectivity index (χ4n) is 3.14. The Morgan fingerprint density at radius 2 is 1.77 bits per heavy atom. The van der Waals surface area contributed by atoms with E-state index >= 15 is 0 Å². The first kappa shape index (κ1) is 20.5. The van der Waals surface area contributed by atoms with Gasteiger partial charge < -0.3 is 9.73 Å². The van der Waals surface area contributed by atoms with Crippen LogP contribution in [0.25, 0.3) is 11.0 Å². The molecule has 1 amide bonds. The average molecular weight is 436 g/mol. The number of furan rings is 1. The second-order valence-electron chi connectivity index (χ2n) is 6.90. The zero-order chi connectivity index (χ0) is 22.0. The molecule has 0 aliphatic heterocycles. The molecule has 2 aromatic heterocycles. The molecule has 0 aliphatic rings. The second kappa shape index (κ2) is 8.19. The molecule has 0 saturated carbocycles. The van der Waals surface area contributed by atoms with Gasteiger partial charge >= 0.3 is 0 Å². The molecule has 2 aromatic carbocycles. The lowest BCUT2D eigenvalue weighted by Gasteiger charge is -2.08. The number of aromatic nitrogens is 2. The number of carbonyl (C=O) groups is 1. The lowest BCUT2D eigenvalue weighted by Crippen LogP contribution is -2.15. The van der Waals surface area contributed by atoms with Crippen molar-refractivity contribution in [2.45, 2.75) is 25.2 Å². The Labute approximate surface area is 179 Å². The molecule has 0 saturated heterocycles. The lowest BCUT2D eigenvalue weighted by atomic mass is 10.1. The zero-order valence-electron chi connectivity index (χ0n) is 16.9. The first-order valence-corrected chi connectivity index (χ1v) is 11.1. The summed E-state index contributed by atoms with van der Waals surface area (Å²) < 4.78 is 33.0. The number of hydrogen-bond acceptors (Lipinski definition) is 6. The van der Waals surface area contributed by atoms with Gasteiger partial charge in [-0.3, -0.25) is 4.79 Å². The third-order valence-electron chi connectivity index (χ3n) is 4.83. The Hall–Kier alpha value is -3.72. The molecule has 0 bridgehead atoms. The number of sulfonamides is 1. The fraction of sp³-hybridized carbons (Fsp3) is 0.136. The van der Waals surface area contributed by atoms with E-state index in [2.05, 4.69) is 26.9 Å². The molecule has 158 valence electrons. The Kier molecular flexibility index (Phi) is 5.43. The largest absolute Gasteiger partial charge is 0.451 e. The number of carbonyl (C=O) groups excluding carboxylic acids is 1. The van der Waals surface area contributed by atoms with Gasteiger partial charge in [-0.25, -0.2) is 23.1 Å². The summed E-state index contributed by atoms with van der Waals surface area (Å²) in [5, 5.41) is 3.65. The van der Waals surface area contributed by atoms with Crippen molar-refractivity contribution < 1.29 is 17.6 Å². The fourth-order valence-corrected chi connectivity index (χ4v) is 4.10. The second-order valence-corrected chi connectivity index (χ2v) is 8.58. The average Bonchev–Trinajstić information content (AvgIpc) is 3.10. The molecule has 4 aromatic rings. The van der Waals surface area contributed by atoms with Crippen LogP contribution >= 0.6 is 0 Å². The van der Waals surface area contributed by atoms with E-state index in [4.69, 9.17) is 4.42 Å². The highest BCUT2D eigenvalue weighted by Gasteiger charge is 2.19. The summed E-state index contributed by atoms with van der Waals surface area (Å²) in [4.78, 5) is 20.4. The molecular formula is C22H20N4O4S. The molecule has 0 spiro atoms. The lowest BCUT2D eigenvalue weighted by molar-refractivity contribution is 0.0998. The number of anilines is 2. The molecule has 8 nitrogen and oxygen atoms in total. The molecule has 0 fully saturated rings. The Balaban J connectivity index is 1.52. The predicted octanol–water partition coefficient (Wildman–Crippen LogP) is 4.15. The molecular weight excluding hydrogens is 416 g/mol. The van der Waals surface area contributed by atoms with E-state index in [1.807, 2.05) is 25.1 Å². The summed E-state index contributed by atoms with van der Waals surface area (Å²) in [6.45, 7) is 3.91. The van der Waals surface area contributed by atoms with Crippen LogP contribution in [-0.4, -0.2) is 24.3 Å². The van der Waals surface area contributed by atoms with Crippen LogP contribution in [-0.2, 0) is 16.4 Å². The van der Waals surface area contributed by atoms with E-state index in [0.717, 1.165) is 22.9 Å². The standard InChI is InChI=1S/C22H20N4O4S/c1-3-15-5-10-19-18(13-15)14(2)20(30-19)21(27)25-16-6-8-17(9-7-16)31(28,29)26-22-23-11-4-12-24-22/h4-13H,3H2,1-2H3,(H,25,27)(H,23,24,26). The Morgan fingerprint density at radius 1 is 1.06 bits per heavy atom. The Morgan fingerprint density at radius 3 is 2.45 bits per heavy atom. The number of fused-ring (bicyclic) bond motifs is 1. The normalized spacial score (nSPS) is 11.4. The maximum atomic E-state index is 12.7. The minimum Gasteiger partial charge on any atom is -0.451 e. The molecule has 0 aliphatic carbocycles. The number of amides is 1. The topological polar surface area (TPSA) is 114 Å². The third-order valence-corrected chi connectivity index (χ3v) is 6.17. The number of rotatable bonds is 6. The molecule has 0 atom stereocenters. The van der Waals surface area contributed by atoms with E-state index in [1.54, 1.807) is 6.07 Å². The van der Waals surface area contributed by atoms with E-state index in [1.165, 1.54) is 36.7 Å². The smallest absolute Gasteiger partial charge is 0.291 e. The van der Waals surface area contributed by atoms with Gasteiger partial charge in [0.25, 0.3) is 15.9 Å². The van der Waals surface area contributed by atoms with Crippen molar-refractivity contribution in [2.75, 3.05) is 10.0 Å². The van der Waals surface area contributed by atoms with Crippen LogP contribution in [0.15, 0.2) is 70.2 Å². The predicted molar refractivity (Wildman–Crippen MR) is 118 cm³/mol. The Bertz CT molecular complexity index is 1350. The maximum absolute atomic E-state index is 12.7. The van der Waals surface area contributed by atoms with Crippen molar-refractivity contribution in [2.24, 2.45) is 0 Å². The van der Waals surface area contributed by atoms with Crippen molar-refractivity contribution in [3.63, 3.8) is 0 Å². The van der Waals surface area contributed by atoms with Crippen molar-refractivity contribution in [3.8, 4) is 0 Å². The van der Waals surface area contributed by atoms with Gasteiger partial charge in [0.1, 0.15) is 5.58 Å². The van der Waals surface area contributed by atoms with Crippen molar-refractivity contribution in [3.05, 3.63) is 77.8 Å². The van der Waals surface area contributed by atoms with Crippen LogP contribution < -0.4 is 10.0 Å². The summed E-state index contributed by atoms with van der Waals surface area (Å²) in [6.07, 6.45) is 3.77. The minimum absolute atomic E-state index is 0.0185. The summed E-state index contributed by atoms with van der Waals surface area (Å²) >= 11 is 0. The van der Waals surface area contributed by atoms with Crippen LogP contribution in [0.3, 0.4) is 0 Å². The first-order valence-electron chi connectivity index (χ1n) is 9.60. The number of aryl methyl sites for hydroxylation is 2. The van der Waals surface area contributed by atoms with Gasteiger partial charge in [0.15, 0.2) is 5.76 Å². The van der Waals surface area contributed by atoms with Gasteiger partial charge in [-0.2, -0.15) is 0 Å². The highest BCUT2D eigenvalue weighted by Crippen LogP contribution is 2.27. The molecule has 4 rings (SSSR count). The van der Waals surface area contributed by atoms with Crippen molar-refractivity contribution in [1.29, 1.82) is 0 Å². The van der Waals surface area contributed by atoms with E-state index < -0.39 is 15.9 Å². The quantitative estimate of drug-likeness (QED) is 0.469. The first-order chi connectivity index (χ1) is 14.9. The molecule has 31 heavy (non-hydrogen) atoms. The monoisotopic (exact) mass is 436 g/mol. The summed E-state index contributed by atoms with van der Waals surface area (Å²) in [7, 11) is -3.85. The summed E-state index contributed by atoms with van der Waals surface area (Å²) in [6, 6.07) is 13.2. The summed E-state index contributed by atoms with van der Waals surface area (Å²) in [5.74, 6) is -0.201. The molecule has 9 heteroatoms. The minimum atomic E-state index is -3.85. The van der Waals surface area contributed by atoms with Crippen molar-refractivity contribution >= 4 is 38.5 Å².